The fraction of sp³-hybridized carbons (Fsp3) is 0.562. The van der Waals surface area contributed by atoms with Gasteiger partial charge in [0.1, 0.15) is 0 Å². The number of amides is 1. The highest BCUT2D eigenvalue weighted by Crippen LogP contribution is 2.18. The fourth-order valence-electron chi connectivity index (χ4n) is 2.46. The Morgan fingerprint density at radius 2 is 2.10 bits per heavy atom. The predicted molar refractivity (Wildman–Crippen MR) is 86.9 cm³/mol. The van der Waals surface area contributed by atoms with Gasteiger partial charge in [-0.3, -0.25) is 4.79 Å². The number of rotatable bonds is 5. The summed E-state index contributed by atoms with van der Waals surface area (Å²) >= 11 is 0. The highest BCUT2D eigenvalue weighted by atomic mass is 35.5. The summed E-state index contributed by atoms with van der Waals surface area (Å²) < 4.78 is 5.36. The van der Waals surface area contributed by atoms with E-state index >= 15 is 0 Å². The summed E-state index contributed by atoms with van der Waals surface area (Å²) in [6, 6.07) is 10.5. The lowest BCUT2D eigenvalue weighted by Gasteiger charge is -2.26. The number of hydrogen-bond donors (Lipinski definition) is 2. The number of carbonyl (C=O) groups is 1. The predicted octanol–water partition coefficient (Wildman–Crippen LogP) is 2.10. The van der Waals surface area contributed by atoms with Crippen molar-refractivity contribution < 1.29 is 9.53 Å². The maximum absolute atomic E-state index is 12.1. The van der Waals surface area contributed by atoms with E-state index in [-0.39, 0.29) is 30.4 Å². The molecule has 1 aromatic rings. The van der Waals surface area contributed by atoms with Gasteiger partial charge in [-0.05, 0) is 12.5 Å². The lowest BCUT2D eigenvalue weighted by atomic mass is 9.94. The average Bonchev–Trinajstić information content (AvgIpc) is 2.48. The van der Waals surface area contributed by atoms with Gasteiger partial charge in [0.2, 0.25) is 5.91 Å². The Labute approximate surface area is 133 Å². The lowest BCUT2D eigenvalue weighted by Crippen LogP contribution is -2.46. The van der Waals surface area contributed by atoms with E-state index in [2.05, 4.69) is 36.6 Å². The molecule has 3 unspecified atom stereocenters. The van der Waals surface area contributed by atoms with Crippen LogP contribution in [0.2, 0.25) is 0 Å². The van der Waals surface area contributed by atoms with E-state index in [1.165, 1.54) is 5.56 Å². The van der Waals surface area contributed by atoms with Crippen molar-refractivity contribution >= 4 is 18.3 Å². The first-order valence-electron chi connectivity index (χ1n) is 7.32. The van der Waals surface area contributed by atoms with Crippen LogP contribution in [-0.2, 0) is 9.53 Å². The van der Waals surface area contributed by atoms with Crippen LogP contribution in [0.1, 0.15) is 31.7 Å². The quantitative estimate of drug-likeness (QED) is 0.875. The van der Waals surface area contributed by atoms with E-state index in [0.717, 1.165) is 13.2 Å². The summed E-state index contributed by atoms with van der Waals surface area (Å²) in [6.07, 6.45) is 0.478. The standard InChI is InChI=1S/C16H24N2O2.ClH/c1-12(14-6-4-3-5-7-14)13(2)18-16(19)10-15-11-20-9-8-17-15;/h3-7,12-13,15,17H,8-11H2,1-2H3,(H,18,19);1H. The monoisotopic (exact) mass is 312 g/mol. The van der Waals surface area contributed by atoms with Crippen molar-refractivity contribution in [2.24, 2.45) is 0 Å². The maximum Gasteiger partial charge on any atom is 0.221 e. The zero-order valence-electron chi connectivity index (χ0n) is 12.7. The minimum atomic E-state index is 0. The van der Waals surface area contributed by atoms with Gasteiger partial charge in [-0.15, -0.1) is 12.4 Å². The molecule has 0 saturated carbocycles. The molecule has 0 aliphatic carbocycles. The summed E-state index contributed by atoms with van der Waals surface area (Å²) in [5, 5.41) is 6.39. The molecule has 21 heavy (non-hydrogen) atoms. The molecule has 0 bridgehead atoms. The Hall–Kier alpha value is -1.10. The number of hydrogen-bond acceptors (Lipinski definition) is 3. The van der Waals surface area contributed by atoms with Crippen molar-refractivity contribution in [3.63, 3.8) is 0 Å². The van der Waals surface area contributed by atoms with E-state index in [9.17, 15) is 4.79 Å². The summed E-state index contributed by atoms with van der Waals surface area (Å²) in [5.41, 5.74) is 1.25. The molecule has 4 nitrogen and oxygen atoms in total. The Morgan fingerprint density at radius 1 is 1.38 bits per heavy atom. The van der Waals surface area contributed by atoms with Crippen LogP contribution in [0.15, 0.2) is 30.3 Å². The third kappa shape index (κ3) is 5.65. The molecule has 1 aromatic carbocycles. The summed E-state index contributed by atoms with van der Waals surface area (Å²) in [5.74, 6) is 0.388. The second-order valence-corrected chi connectivity index (χ2v) is 5.49. The molecule has 118 valence electrons. The van der Waals surface area contributed by atoms with E-state index in [4.69, 9.17) is 4.74 Å². The summed E-state index contributed by atoms with van der Waals surface area (Å²) in [7, 11) is 0. The second kappa shape index (κ2) is 9.03. The van der Waals surface area contributed by atoms with Crippen LogP contribution in [0, 0.1) is 0 Å². The number of halogens is 1. The molecule has 1 amide bonds. The summed E-state index contributed by atoms with van der Waals surface area (Å²) in [6.45, 7) is 6.38. The normalized spacial score (nSPS) is 21.0. The molecule has 3 atom stereocenters. The van der Waals surface area contributed by atoms with Crippen LogP contribution < -0.4 is 10.6 Å². The molecule has 5 heteroatoms. The van der Waals surface area contributed by atoms with Crippen molar-refractivity contribution in [2.45, 2.75) is 38.3 Å². The Kier molecular flexibility index (Phi) is 7.72. The zero-order valence-corrected chi connectivity index (χ0v) is 13.5. The molecule has 1 aliphatic rings. The third-order valence-corrected chi connectivity index (χ3v) is 3.89. The Balaban J connectivity index is 0.00000220. The molecule has 2 rings (SSSR count). The number of nitrogens with one attached hydrogen (secondary N) is 2. The van der Waals surface area contributed by atoms with Crippen LogP contribution in [-0.4, -0.2) is 37.7 Å². The van der Waals surface area contributed by atoms with Gasteiger partial charge in [-0.25, -0.2) is 0 Å². The second-order valence-electron chi connectivity index (χ2n) is 5.49. The van der Waals surface area contributed by atoms with Crippen molar-refractivity contribution in [3.8, 4) is 0 Å². The smallest absolute Gasteiger partial charge is 0.221 e. The Morgan fingerprint density at radius 3 is 2.71 bits per heavy atom. The molecule has 1 aliphatic heterocycles. The van der Waals surface area contributed by atoms with Crippen LogP contribution in [0.3, 0.4) is 0 Å². The van der Waals surface area contributed by atoms with Gasteiger partial charge < -0.3 is 15.4 Å². The third-order valence-electron chi connectivity index (χ3n) is 3.89. The highest BCUT2D eigenvalue weighted by molar-refractivity contribution is 5.85. The minimum Gasteiger partial charge on any atom is -0.378 e. The molecule has 0 radical (unpaired) electrons. The molecule has 1 fully saturated rings. The largest absolute Gasteiger partial charge is 0.378 e. The first-order valence-corrected chi connectivity index (χ1v) is 7.32. The lowest BCUT2D eigenvalue weighted by molar-refractivity contribution is -0.123. The molecular formula is C16H25ClN2O2. The first-order chi connectivity index (χ1) is 9.66. The van der Waals surface area contributed by atoms with Crippen LogP contribution >= 0.6 is 12.4 Å². The van der Waals surface area contributed by atoms with Gasteiger partial charge in [0.05, 0.1) is 13.2 Å². The molecule has 2 N–H and O–H groups in total. The van der Waals surface area contributed by atoms with Crippen molar-refractivity contribution in [3.05, 3.63) is 35.9 Å². The van der Waals surface area contributed by atoms with Crippen LogP contribution in [0.25, 0.3) is 0 Å². The molecular weight excluding hydrogens is 288 g/mol. The molecule has 0 aromatic heterocycles. The zero-order chi connectivity index (χ0) is 14.4. The SMILES string of the molecule is CC(NC(=O)CC1COCCN1)C(C)c1ccccc1.Cl. The minimum absolute atomic E-state index is 0. The van der Waals surface area contributed by atoms with Gasteiger partial charge in [-0.2, -0.15) is 0 Å². The van der Waals surface area contributed by atoms with Crippen molar-refractivity contribution in [1.82, 2.24) is 10.6 Å². The highest BCUT2D eigenvalue weighted by Gasteiger charge is 2.20. The van der Waals surface area contributed by atoms with E-state index in [1.807, 2.05) is 18.2 Å². The number of morpholine rings is 1. The number of carbonyl (C=O) groups excluding carboxylic acids is 1. The average molecular weight is 313 g/mol. The van der Waals surface area contributed by atoms with Crippen molar-refractivity contribution in [1.29, 1.82) is 0 Å². The van der Waals surface area contributed by atoms with E-state index in [1.54, 1.807) is 0 Å². The van der Waals surface area contributed by atoms with Crippen molar-refractivity contribution in [2.75, 3.05) is 19.8 Å². The topological polar surface area (TPSA) is 50.4 Å². The van der Waals surface area contributed by atoms with Gasteiger partial charge in [0.15, 0.2) is 0 Å². The van der Waals surface area contributed by atoms with Gasteiger partial charge in [0.25, 0.3) is 0 Å². The molecule has 0 spiro atoms. The summed E-state index contributed by atoms with van der Waals surface area (Å²) in [4.78, 5) is 12.1. The fourth-order valence-corrected chi connectivity index (χ4v) is 2.46. The first kappa shape index (κ1) is 18.0. The van der Waals surface area contributed by atoms with Gasteiger partial charge in [0, 0.05) is 31.0 Å². The van der Waals surface area contributed by atoms with E-state index in [0.29, 0.717) is 18.9 Å². The van der Waals surface area contributed by atoms with Crippen LogP contribution in [0.4, 0.5) is 0 Å². The molecule has 1 heterocycles. The maximum atomic E-state index is 12.1. The van der Waals surface area contributed by atoms with Gasteiger partial charge in [-0.1, -0.05) is 37.3 Å². The Bertz CT molecular complexity index is 422. The van der Waals surface area contributed by atoms with Gasteiger partial charge >= 0.3 is 0 Å². The van der Waals surface area contributed by atoms with E-state index < -0.39 is 0 Å². The number of ether oxygens (including phenoxy) is 1. The number of benzene rings is 1. The molecule has 1 saturated heterocycles. The van der Waals surface area contributed by atoms with Crippen LogP contribution in [0.5, 0.6) is 0 Å².